The molecule has 0 aliphatic rings. The molecule has 1 amide bonds. The summed E-state index contributed by atoms with van der Waals surface area (Å²) in [5.74, 6) is -3.20. The van der Waals surface area contributed by atoms with Crippen molar-refractivity contribution in [3.8, 4) is 0 Å². The quantitative estimate of drug-likeness (QED) is 0.819. The lowest BCUT2D eigenvalue weighted by atomic mass is 10.1. The summed E-state index contributed by atoms with van der Waals surface area (Å²) >= 11 is 0.348. The van der Waals surface area contributed by atoms with Gasteiger partial charge in [-0.2, -0.15) is 8.78 Å². The van der Waals surface area contributed by atoms with E-state index in [4.69, 9.17) is 0 Å². The highest BCUT2D eigenvalue weighted by molar-refractivity contribution is 7.99. The van der Waals surface area contributed by atoms with Crippen LogP contribution in [-0.4, -0.2) is 22.4 Å². The van der Waals surface area contributed by atoms with Crippen molar-refractivity contribution in [2.45, 2.75) is 30.1 Å². The second kappa shape index (κ2) is 5.46. The number of rotatable bonds is 4. The van der Waals surface area contributed by atoms with E-state index in [0.717, 1.165) is 0 Å². The summed E-state index contributed by atoms with van der Waals surface area (Å²) in [4.78, 5) is 11.8. The number of amides is 1. The summed E-state index contributed by atoms with van der Waals surface area (Å²) in [6, 6.07) is 6.21. The van der Waals surface area contributed by atoms with Crippen LogP contribution in [-0.2, 0) is 4.79 Å². The minimum absolute atomic E-state index is 0.264. The van der Waals surface area contributed by atoms with Gasteiger partial charge in [-0.1, -0.05) is 23.9 Å². The zero-order chi connectivity index (χ0) is 13.1. The average Bonchev–Trinajstić information content (AvgIpc) is 2.18. The van der Waals surface area contributed by atoms with Crippen molar-refractivity contribution in [2.75, 3.05) is 5.32 Å². The summed E-state index contributed by atoms with van der Waals surface area (Å²) < 4.78 is 24.5. The van der Waals surface area contributed by atoms with Crippen molar-refractivity contribution in [3.05, 3.63) is 24.3 Å². The predicted molar refractivity (Wildman–Crippen MR) is 63.2 cm³/mol. The molecule has 0 atom stereocenters. The molecule has 0 fully saturated rings. The first kappa shape index (κ1) is 13.9. The molecule has 0 aliphatic heterocycles. The molecule has 0 unspecified atom stereocenters. The van der Waals surface area contributed by atoms with E-state index in [2.05, 4.69) is 5.32 Å². The van der Waals surface area contributed by atoms with E-state index in [9.17, 15) is 18.7 Å². The Balaban J connectivity index is 2.87. The van der Waals surface area contributed by atoms with Gasteiger partial charge in [0.05, 0.1) is 5.69 Å². The zero-order valence-corrected chi connectivity index (χ0v) is 10.2. The van der Waals surface area contributed by atoms with E-state index in [1.54, 1.807) is 12.1 Å². The topological polar surface area (TPSA) is 49.3 Å². The fourth-order valence-electron chi connectivity index (χ4n) is 1.04. The first-order valence-corrected chi connectivity index (χ1v) is 5.76. The number of alkyl halides is 2. The molecule has 0 aromatic heterocycles. The van der Waals surface area contributed by atoms with Crippen molar-refractivity contribution in [2.24, 2.45) is 0 Å². The van der Waals surface area contributed by atoms with Gasteiger partial charge >= 0.3 is 0 Å². The molecule has 17 heavy (non-hydrogen) atoms. The highest BCUT2D eigenvalue weighted by Crippen LogP contribution is 2.31. The van der Waals surface area contributed by atoms with Gasteiger partial charge in [-0.15, -0.1) is 0 Å². The van der Waals surface area contributed by atoms with Gasteiger partial charge in [0.15, 0.2) is 0 Å². The minimum Gasteiger partial charge on any atom is -0.381 e. The van der Waals surface area contributed by atoms with Crippen molar-refractivity contribution in [1.82, 2.24) is 0 Å². The Morgan fingerprint density at radius 3 is 2.53 bits per heavy atom. The Morgan fingerprint density at radius 1 is 1.41 bits per heavy atom. The van der Waals surface area contributed by atoms with Crippen LogP contribution >= 0.6 is 11.8 Å². The third kappa shape index (κ3) is 4.32. The van der Waals surface area contributed by atoms with Crippen molar-refractivity contribution < 1.29 is 18.7 Å². The van der Waals surface area contributed by atoms with Crippen LogP contribution in [0.1, 0.15) is 13.8 Å². The number of carbonyl (C=O) groups excluding carboxylic acids is 1. The number of benzene rings is 1. The average molecular weight is 261 g/mol. The highest BCUT2D eigenvalue weighted by Gasteiger charge is 2.24. The monoisotopic (exact) mass is 261 g/mol. The summed E-state index contributed by atoms with van der Waals surface area (Å²) in [5.41, 5.74) is -1.28. The number of aliphatic hydroxyl groups is 1. The second-order valence-electron chi connectivity index (χ2n) is 3.89. The van der Waals surface area contributed by atoms with Crippen molar-refractivity contribution >= 4 is 23.4 Å². The molecule has 0 aliphatic carbocycles. The molecule has 0 heterocycles. The van der Waals surface area contributed by atoms with E-state index in [1.165, 1.54) is 26.0 Å². The summed E-state index contributed by atoms with van der Waals surface area (Å²) in [6.45, 7) is 2.65. The SMILES string of the molecule is CC(C)(O)C(=O)Nc1ccccc1SC(F)F. The third-order valence-corrected chi connectivity index (χ3v) is 2.70. The third-order valence-electron chi connectivity index (χ3n) is 1.91. The van der Waals surface area contributed by atoms with E-state index in [1.807, 2.05) is 0 Å². The molecule has 0 bridgehead atoms. The highest BCUT2D eigenvalue weighted by atomic mass is 32.2. The van der Waals surface area contributed by atoms with Crippen LogP contribution in [0.15, 0.2) is 29.2 Å². The van der Waals surface area contributed by atoms with Crippen LogP contribution in [0.5, 0.6) is 0 Å². The Hall–Kier alpha value is -1.14. The number of carbonyl (C=O) groups is 1. The van der Waals surface area contributed by atoms with Crippen LogP contribution in [0.3, 0.4) is 0 Å². The van der Waals surface area contributed by atoms with Crippen molar-refractivity contribution in [1.29, 1.82) is 0 Å². The molecule has 1 aromatic rings. The largest absolute Gasteiger partial charge is 0.381 e. The Bertz CT molecular complexity index is 405. The number of nitrogens with one attached hydrogen (secondary N) is 1. The standard InChI is InChI=1S/C11H13F2NO2S/c1-11(2,16)9(15)14-7-5-3-4-6-8(7)17-10(12)13/h3-6,10,16H,1-2H3,(H,14,15). The van der Waals surface area contributed by atoms with Crippen LogP contribution < -0.4 is 5.32 Å². The van der Waals surface area contributed by atoms with E-state index in [-0.39, 0.29) is 10.6 Å². The van der Waals surface area contributed by atoms with Gasteiger partial charge in [0.2, 0.25) is 0 Å². The summed E-state index contributed by atoms with van der Waals surface area (Å²) in [5, 5.41) is 11.9. The minimum atomic E-state index is -2.56. The van der Waals surface area contributed by atoms with Crippen LogP contribution in [0.4, 0.5) is 14.5 Å². The molecule has 0 spiro atoms. The van der Waals surface area contributed by atoms with Gasteiger partial charge in [0.1, 0.15) is 5.60 Å². The maximum Gasteiger partial charge on any atom is 0.288 e. The molecule has 0 saturated carbocycles. The second-order valence-corrected chi connectivity index (χ2v) is 4.92. The molecule has 1 aromatic carbocycles. The summed E-state index contributed by atoms with van der Waals surface area (Å²) in [7, 11) is 0. The van der Waals surface area contributed by atoms with Gasteiger partial charge < -0.3 is 10.4 Å². The molecule has 2 N–H and O–H groups in total. The number of thioether (sulfide) groups is 1. The molecule has 0 saturated heterocycles. The first-order valence-electron chi connectivity index (χ1n) is 4.88. The van der Waals surface area contributed by atoms with Crippen LogP contribution in [0.2, 0.25) is 0 Å². The van der Waals surface area contributed by atoms with Gasteiger partial charge in [-0.3, -0.25) is 4.79 Å². The van der Waals surface area contributed by atoms with Crippen molar-refractivity contribution in [3.63, 3.8) is 0 Å². The number of anilines is 1. The maximum absolute atomic E-state index is 12.3. The lowest BCUT2D eigenvalue weighted by Crippen LogP contribution is -2.36. The van der Waals surface area contributed by atoms with Crippen LogP contribution in [0, 0.1) is 0 Å². The van der Waals surface area contributed by atoms with E-state index in [0.29, 0.717) is 11.8 Å². The van der Waals surface area contributed by atoms with Gasteiger partial charge in [-0.05, 0) is 26.0 Å². The fourth-order valence-corrected chi connectivity index (χ4v) is 1.64. The Kier molecular flexibility index (Phi) is 4.47. The first-order chi connectivity index (χ1) is 7.80. The molecule has 3 nitrogen and oxygen atoms in total. The Labute approximate surface area is 102 Å². The molecule has 6 heteroatoms. The molecule has 0 radical (unpaired) electrons. The lowest BCUT2D eigenvalue weighted by molar-refractivity contribution is -0.130. The number of hydrogen-bond donors (Lipinski definition) is 2. The van der Waals surface area contributed by atoms with Gasteiger partial charge in [-0.25, -0.2) is 0 Å². The number of para-hydroxylation sites is 1. The summed E-state index contributed by atoms with van der Waals surface area (Å²) in [6.07, 6.45) is 0. The van der Waals surface area contributed by atoms with Gasteiger partial charge in [0.25, 0.3) is 11.7 Å². The fraction of sp³-hybridized carbons (Fsp3) is 0.364. The predicted octanol–water partition coefficient (Wildman–Crippen LogP) is 2.71. The molecular weight excluding hydrogens is 248 g/mol. The molecular formula is C11H13F2NO2S. The van der Waals surface area contributed by atoms with E-state index >= 15 is 0 Å². The van der Waals surface area contributed by atoms with Crippen LogP contribution in [0.25, 0.3) is 0 Å². The number of hydrogen-bond acceptors (Lipinski definition) is 3. The number of halogens is 2. The van der Waals surface area contributed by atoms with Gasteiger partial charge in [0, 0.05) is 4.90 Å². The zero-order valence-electron chi connectivity index (χ0n) is 9.41. The smallest absolute Gasteiger partial charge is 0.288 e. The lowest BCUT2D eigenvalue weighted by Gasteiger charge is -2.18. The Morgan fingerprint density at radius 2 is 2.00 bits per heavy atom. The molecule has 1 rings (SSSR count). The molecule has 94 valence electrons. The maximum atomic E-state index is 12.3. The normalized spacial score (nSPS) is 11.6. The van der Waals surface area contributed by atoms with E-state index < -0.39 is 17.3 Å².